The first-order chi connectivity index (χ1) is 9.10. The Kier molecular flexibility index (Phi) is 5.45. The van der Waals surface area contributed by atoms with E-state index in [0.29, 0.717) is 3.57 Å². The van der Waals surface area contributed by atoms with Gasteiger partial charge in [-0.15, -0.1) is 0 Å². The largest absolute Gasteiger partial charge is 0.349 e. The van der Waals surface area contributed by atoms with Crippen LogP contribution in [-0.4, -0.2) is 37.3 Å². The molecule has 0 heterocycles. The number of nitrogens with one attached hydrogen (secondary N) is 1. The lowest BCUT2D eigenvalue weighted by atomic mass is 10.2. The van der Waals surface area contributed by atoms with E-state index in [1.165, 1.54) is 18.2 Å². The van der Waals surface area contributed by atoms with Crippen molar-refractivity contribution in [3.8, 4) is 0 Å². The predicted octanol–water partition coefficient (Wildman–Crippen LogP) is 1.36. The fourth-order valence-electron chi connectivity index (χ4n) is 1.60. The molecule has 0 saturated carbocycles. The Bertz CT molecular complexity index is 644. The lowest BCUT2D eigenvalue weighted by Crippen LogP contribution is -2.37. The van der Waals surface area contributed by atoms with Crippen LogP contribution in [0.1, 0.15) is 17.3 Å². The SMILES string of the molecule is CC(CS(C)(=O)=O)NC(=O)c1cc([N+](=O)[O-])ccc1I. The minimum atomic E-state index is -3.21. The van der Waals surface area contributed by atoms with E-state index in [4.69, 9.17) is 0 Å². The van der Waals surface area contributed by atoms with Gasteiger partial charge in [-0.25, -0.2) is 8.42 Å². The first-order valence-electron chi connectivity index (χ1n) is 5.52. The molecule has 110 valence electrons. The Morgan fingerprint density at radius 1 is 1.50 bits per heavy atom. The molecule has 1 aromatic carbocycles. The Balaban J connectivity index is 2.92. The molecule has 1 unspecified atom stereocenters. The smallest absolute Gasteiger partial charge is 0.270 e. The zero-order chi connectivity index (χ0) is 15.5. The number of hydrogen-bond donors (Lipinski definition) is 1. The zero-order valence-electron chi connectivity index (χ0n) is 10.8. The summed E-state index contributed by atoms with van der Waals surface area (Å²) < 4.78 is 22.8. The molecule has 0 saturated heterocycles. The zero-order valence-corrected chi connectivity index (χ0v) is 13.8. The number of nitro groups is 1. The van der Waals surface area contributed by atoms with E-state index in [-0.39, 0.29) is 17.0 Å². The van der Waals surface area contributed by atoms with Gasteiger partial charge in [-0.3, -0.25) is 14.9 Å². The van der Waals surface area contributed by atoms with Crippen molar-refractivity contribution in [2.24, 2.45) is 0 Å². The molecule has 1 N–H and O–H groups in total. The first kappa shape index (κ1) is 16.8. The number of carbonyl (C=O) groups is 1. The van der Waals surface area contributed by atoms with Crippen LogP contribution >= 0.6 is 22.6 Å². The highest BCUT2D eigenvalue weighted by Gasteiger charge is 2.18. The van der Waals surface area contributed by atoms with E-state index in [9.17, 15) is 23.3 Å². The maximum absolute atomic E-state index is 12.0. The van der Waals surface area contributed by atoms with E-state index in [1.807, 2.05) is 22.6 Å². The van der Waals surface area contributed by atoms with Gasteiger partial charge >= 0.3 is 0 Å². The normalized spacial score (nSPS) is 12.8. The molecule has 9 heteroatoms. The summed E-state index contributed by atoms with van der Waals surface area (Å²) in [7, 11) is -3.21. The number of benzene rings is 1. The van der Waals surface area contributed by atoms with Gasteiger partial charge in [0.05, 0.1) is 16.2 Å². The Morgan fingerprint density at radius 3 is 2.60 bits per heavy atom. The van der Waals surface area contributed by atoms with Crippen molar-refractivity contribution in [2.45, 2.75) is 13.0 Å². The number of nitrogens with zero attached hydrogens (tertiary/aromatic N) is 1. The van der Waals surface area contributed by atoms with Crippen LogP contribution in [0.25, 0.3) is 0 Å². The van der Waals surface area contributed by atoms with E-state index >= 15 is 0 Å². The summed E-state index contributed by atoms with van der Waals surface area (Å²) in [5, 5.41) is 13.2. The lowest BCUT2D eigenvalue weighted by Gasteiger charge is -2.13. The highest BCUT2D eigenvalue weighted by atomic mass is 127. The Morgan fingerprint density at radius 2 is 2.10 bits per heavy atom. The highest BCUT2D eigenvalue weighted by molar-refractivity contribution is 14.1. The summed E-state index contributed by atoms with van der Waals surface area (Å²) in [5.41, 5.74) is -0.0357. The number of non-ortho nitro benzene ring substituents is 1. The number of nitro benzene ring substituents is 1. The minimum Gasteiger partial charge on any atom is -0.349 e. The number of halogens is 1. The van der Waals surface area contributed by atoms with Crippen LogP contribution in [0.15, 0.2) is 18.2 Å². The number of sulfone groups is 1. The second-order valence-corrected chi connectivity index (χ2v) is 7.74. The number of hydrogen-bond acceptors (Lipinski definition) is 5. The molecule has 1 atom stereocenters. The van der Waals surface area contributed by atoms with Crippen molar-refractivity contribution >= 4 is 44.0 Å². The van der Waals surface area contributed by atoms with Gasteiger partial charge in [0.1, 0.15) is 9.84 Å². The molecular weight excluding hydrogens is 399 g/mol. The van der Waals surface area contributed by atoms with Gasteiger partial charge in [0.2, 0.25) is 0 Å². The van der Waals surface area contributed by atoms with Gasteiger partial charge in [0.15, 0.2) is 0 Å². The van der Waals surface area contributed by atoms with E-state index in [2.05, 4.69) is 5.32 Å². The van der Waals surface area contributed by atoms with Gasteiger partial charge in [-0.1, -0.05) is 0 Å². The molecule has 0 radical (unpaired) electrons. The van der Waals surface area contributed by atoms with Crippen LogP contribution in [0.2, 0.25) is 0 Å². The second-order valence-electron chi connectivity index (χ2n) is 4.39. The second kappa shape index (κ2) is 6.48. The maximum atomic E-state index is 12.0. The molecule has 1 rings (SSSR count). The van der Waals surface area contributed by atoms with Crippen LogP contribution in [0.3, 0.4) is 0 Å². The van der Waals surface area contributed by atoms with Crippen molar-refractivity contribution < 1.29 is 18.1 Å². The molecule has 1 aromatic rings. The van der Waals surface area contributed by atoms with E-state index < -0.39 is 26.7 Å². The van der Waals surface area contributed by atoms with Crippen LogP contribution in [0.4, 0.5) is 5.69 Å². The summed E-state index contributed by atoms with van der Waals surface area (Å²) in [4.78, 5) is 22.1. The molecule has 0 bridgehead atoms. The van der Waals surface area contributed by atoms with Crippen molar-refractivity contribution in [2.75, 3.05) is 12.0 Å². The van der Waals surface area contributed by atoms with Gasteiger partial charge in [0.25, 0.3) is 11.6 Å². The fourth-order valence-corrected chi connectivity index (χ4v) is 3.17. The van der Waals surface area contributed by atoms with E-state index in [0.717, 1.165) is 6.26 Å². The van der Waals surface area contributed by atoms with Crippen LogP contribution in [-0.2, 0) is 9.84 Å². The average molecular weight is 412 g/mol. The molecule has 0 aliphatic heterocycles. The summed E-state index contributed by atoms with van der Waals surface area (Å²) in [6.45, 7) is 1.56. The standard InChI is InChI=1S/C11H13IN2O5S/c1-7(6-20(2,18)19)13-11(15)9-5-8(14(16)17)3-4-10(9)12/h3-5,7H,6H2,1-2H3,(H,13,15). The topological polar surface area (TPSA) is 106 Å². The third-order valence-electron chi connectivity index (χ3n) is 2.34. The Labute approximate surface area is 130 Å². The van der Waals surface area contributed by atoms with Crippen LogP contribution < -0.4 is 5.32 Å². The van der Waals surface area contributed by atoms with Crippen molar-refractivity contribution in [3.63, 3.8) is 0 Å². The molecular formula is C11H13IN2O5S. The summed E-state index contributed by atoms with van der Waals surface area (Å²) in [6, 6.07) is 3.37. The molecule has 0 aliphatic rings. The van der Waals surface area contributed by atoms with Crippen LogP contribution in [0, 0.1) is 13.7 Å². The average Bonchev–Trinajstić information content (AvgIpc) is 2.26. The molecule has 0 spiro atoms. The van der Waals surface area contributed by atoms with Gasteiger partial charge < -0.3 is 5.32 Å². The van der Waals surface area contributed by atoms with Crippen molar-refractivity contribution in [1.29, 1.82) is 0 Å². The highest BCUT2D eigenvalue weighted by Crippen LogP contribution is 2.19. The lowest BCUT2D eigenvalue weighted by molar-refractivity contribution is -0.384. The third kappa shape index (κ3) is 5.04. The fraction of sp³-hybridized carbons (Fsp3) is 0.364. The number of amides is 1. The van der Waals surface area contributed by atoms with Gasteiger partial charge in [-0.2, -0.15) is 0 Å². The quantitative estimate of drug-likeness (QED) is 0.447. The Hall–Kier alpha value is -1.23. The maximum Gasteiger partial charge on any atom is 0.270 e. The van der Waals surface area contributed by atoms with Crippen LogP contribution in [0.5, 0.6) is 0 Å². The number of carbonyl (C=O) groups excluding carboxylic acids is 1. The first-order valence-corrected chi connectivity index (χ1v) is 8.66. The summed E-state index contributed by atoms with van der Waals surface area (Å²) in [6.07, 6.45) is 1.08. The molecule has 20 heavy (non-hydrogen) atoms. The monoisotopic (exact) mass is 412 g/mol. The van der Waals surface area contributed by atoms with Crippen molar-refractivity contribution in [3.05, 3.63) is 37.4 Å². The predicted molar refractivity (Wildman–Crippen MR) is 82.5 cm³/mol. The molecule has 0 aliphatic carbocycles. The van der Waals surface area contributed by atoms with Gasteiger partial charge in [-0.05, 0) is 35.6 Å². The minimum absolute atomic E-state index is 0.153. The molecule has 0 aromatic heterocycles. The van der Waals surface area contributed by atoms with E-state index in [1.54, 1.807) is 6.92 Å². The van der Waals surface area contributed by atoms with Crippen molar-refractivity contribution in [1.82, 2.24) is 5.32 Å². The number of rotatable bonds is 5. The summed E-state index contributed by atoms with van der Waals surface area (Å²) >= 11 is 1.89. The third-order valence-corrected chi connectivity index (χ3v) is 4.38. The molecule has 0 fully saturated rings. The molecule has 1 amide bonds. The summed E-state index contributed by atoms with van der Waals surface area (Å²) in [5.74, 6) is -0.723. The van der Waals surface area contributed by atoms with Gasteiger partial charge in [0, 0.05) is 28.0 Å². The molecule has 7 nitrogen and oxygen atoms in total.